The van der Waals surface area contributed by atoms with E-state index in [0.717, 1.165) is 23.3 Å². The highest BCUT2D eigenvalue weighted by Crippen LogP contribution is 2.36. The number of anilines is 2. The molecular formula is C20H22N2O5S. The molecule has 0 radical (unpaired) electrons. The Balaban J connectivity index is 1.64. The van der Waals surface area contributed by atoms with Gasteiger partial charge in [0.2, 0.25) is 5.91 Å². The second kappa shape index (κ2) is 8.43. The Morgan fingerprint density at radius 2 is 1.86 bits per heavy atom. The van der Waals surface area contributed by atoms with E-state index in [1.54, 1.807) is 31.2 Å². The van der Waals surface area contributed by atoms with Crippen molar-refractivity contribution in [2.24, 2.45) is 5.92 Å². The van der Waals surface area contributed by atoms with Crippen LogP contribution in [0.15, 0.2) is 24.3 Å². The molecule has 28 heavy (non-hydrogen) atoms. The summed E-state index contributed by atoms with van der Waals surface area (Å²) >= 11 is 1.33. The molecule has 1 aliphatic rings. The van der Waals surface area contributed by atoms with Gasteiger partial charge in [-0.1, -0.05) is 12.1 Å². The van der Waals surface area contributed by atoms with Crippen molar-refractivity contribution in [2.45, 2.75) is 26.7 Å². The normalized spacial score (nSPS) is 13.0. The predicted octanol–water partition coefficient (Wildman–Crippen LogP) is 3.52. The van der Waals surface area contributed by atoms with Gasteiger partial charge in [-0.05, 0) is 44.4 Å². The fourth-order valence-corrected chi connectivity index (χ4v) is 3.71. The smallest absolute Gasteiger partial charge is 0.341 e. The topological polar surface area (TPSA) is 93.7 Å². The van der Waals surface area contributed by atoms with Crippen molar-refractivity contribution in [3.8, 4) is 5.75 Å². The fourth-order valence-electron chi connectivity index (χ4n) is 2.66. The molecule has 2 aromatic rings. The van der Waals surface area contributed by atoms with Crippen molar-refractivity contribution < 1.29 is 23.9 Å². The van der Waals surface area contributed by atoms with Crippen LogP contribution in [0.5, 0.6) is 5.75 Å². The van der Waals surface area contributed by atoms with Gasteiger partial charge in [-0.2, -0.15) is 0 Å². The number of aryl methyl sites for hydroxylation is 1. The van der Waals surface area contributed by atoms with Crippen LogP contribution in [0, 0.1) is 19.8 Å². The predicted molar refractivity (Wildman–Crippen MR) is 107 cm³/mol. The quantitative estimate of drug-likeness (QED) is 0.691. The highest BCUT2D eigenvalue weighted by Gasteiger charge is 2.31. The van der Waals surface area contributed by atoms with E-state index in [0.29, 0.717) is 22.0 Å². The number of methoxy groups -OCH3 is 1. The zero-order valence-corrected chi connectivity index (χ0v) is 16.8. The monoisotopic (exact) mass is 402 g/mol. The Bertz CT molecular complexity index is 917. The maximum absolute atomic E-state index is 12.6. The second-order valence-electron chi connectivity index (χ2n) is 6.58. The lowest BCUT2D eigenvalue weighted by molar-refractivity contribution is -0.119. The molecule has 7 nitrogen and oxygen atoms in total. The molecule has 1 aliphatic carbocycles. The van der Waals surface area contributed by atoms with Crippen LogP contribution in [0.3, 0.4) is 0 Å². The number of carbonyl (C=O) groups is 3. The molecule has 1 aromatic carbocycles. The van der Waals surface area contributed by atoms with E-state index >= 15 is 0 Å². The zero-order chi connectivity index (χ0) is 20.3. The largest absolute Gasteiger partial charge is 0.495 e. The first-order chi connectivity index (χ1) is 13.4. The first kappa shape index (κ1) is 19.9. The number of nitrogens with one attached hydrogen (secondary N) is 2. The average molecular weight is 402 g/mol. The van der Waals surface area contributed by atoms with Gasteiger partial charge in [0, 0.05) is 10.8 Å². The number of thiophene rings is 1. The molecule has 1 aromatic heterocycles. The van der Waals surface area contributed by atoms with E-state index in [2.05, 4.69) is 10.6 Å². The number of carbonyl (C=O) groups excluding carboxylic acids is 3. The zero-order valence-electron chi connectivity index (χ0n) is 16.0. The van der Waals surface area contributed by atoms with E-state index in [9.17, 15) is 14.4 Å². The first-order valence-corrected chi connectivity index (χ1v) is 9.73. The SMILES string of the molecule is COc1ccccc1NC(=O)COC(=O)c1c(NC(=O)C2CC2)sc(C)c1C. The van der Waals surface area contributed by atoms with Crippen LogP contribution in [0.2, 0.25) is 0 Å². The Hall–Kier alpha value is -2.87. The van der Waals surface area contributed by atoms with Gasteiger partial charge in [0.25, 0.3) is 5.91 Å². The molecule has 8 heteroatoms. The minimum absolute atomic E-state index is 0.0261. The van der Waals surface area contributed by atoms with Gasteiger partial charge in [-0.25, -0.2) is 4.79 Å². The van der Waals surface area contributed by atoms with Crippen LogP contribution in [0.25, 0.3) is 0 Å². The molecule has 1 fully saturated rings. The standard InChI is InChI=1S/C20H22N2O5S/c1-11-12(2)28-19(22-18(24)13-8-9-13)17(11)20(25)27-10-16(23)21-14-6-4-5-7-15(14)26-3/h4-7,13H,8-10H2,1-3H3,(H,21,23)(H,22,24). The maximum atomic E-state index is 12.6. The summed E-state index contributed by atoms with van der Waals surface area (Å²) in [5, 5.41) is 5.94. The van der Waals surface area contributed by atoms with E-state index in [4.69, 9.17) is 9.47 Å². The molecule has 2 amide bonds. The van der Waals surface area contributed by atoms with Gasteiger partial charge in [-0.15, -0.1) is 11.3 Å². The summed E-state index contributed by atoms with van der Waals surface area (Å²) in [6.45, 7) is 3.23. The summed E-state index contributed by atoms with van der Waals surface area (Å²) in [7, 11) is 1.50. The van der Waals surface area contributed by atoms with Crippen LogP contribution in [0.1, 0.15) is 33.6 Å². The lowest BCUT2D eigenvalue weighted by atomic mass is 10.1. The van der Waals surface area contributed by atoms with Crippen LogP contribution in [0.4, 0.5) is 10.7 Å². The Morgan fingerprint density at radius 3 is 2.54 bits per heavy atom. The van der Waals surface area contributed by atoms with Gasteiger partial charge in [0.05, 0.1) is 18.4 Å². The van der Waals surface area contributed by atoms with Crippen molar-refractivity contribution in [3.05, 3.63) is 40.3 Å². The summed E-state index contributed by atoms with van der Waals surface area (Å²) in [5.41, 5.74) is 1.54. The number of rotatable bonds is 7. The van der Waals surface area contributed by atoms with Gasteiger partial charge < -0.3 is 20.1 Å². The molecule has 0 bridgehead atoms. The first-order valence-electron chi connectivity index (χ1n) is 8.91. The molecule has 3 rings (SSSR count). The summed E-state index contributed by atoms with van der Waals surface area (Å²) in [6, 6.07) is 6.95. The highest BCUT2D eigenvalue weighted by molar-refractivity contribution is 7.16. The highest BCUT2D eigenvalue weighted by atomic mass is 32.1. The van der Waals surface area contributed by atoms with E-state index < -0.39 is 18.5 Å². The minimum Gasteiger partial charge on any atom is -0.495 e. The number of para-hydroxylation sites is 2. The van der Waals surface area contributed by atoms with Crippen molar-refractivity contribution in [3.63, 3.8) is 0 Å². The molecule has 0 saturated heterocycles. The van der Waals surface area contributed by atoms with Crippen molar-refractivity contribution in [1.29, 1.82) is 0 Å². The van der Waals surface area contributed by atoms with Crippen molar-refractivity contribution >= 4 is 39.8 Å². The molecule has 0 spiro atoms. The summed E-state index contributed by atoms with van der Waals surface area (Å²) in [5.74, 6) is -0.659. The van der Waals surface area contributed by atoms with Crippen LogP contribution >= 0.6 is 11.3 Å². The molecular weight excluding hydrogens is 380 g/mol. The van der Waals surface area contributed by atoms with Gasteiger partial charge in [-0.3, -0.25) is 9.59 Å². The Labute approximate surface area is 167 Å². The van der Waals surface area contributed by atoms with Gasteiger partial charge in [0.1, 0.15) is 10.8 Å². The number of hydrogen-bond donors (Lipinski definition) is 2. The van der Waals surface area contributed by atoms with E-state index in [1.165, 1.54) is 18.4 Å². The average Bonchev–Trinajstić information content (AvgIpc) is 3.48. The number of amides is 2. The number of benzene rings is 1. The lowest BCUT2D eigenvalue weighted by Gasteiger charge is -2.11. The van der Waals surface area contributed by atoms with E-state index in [-0.39, 0.29) is 11.8 Å². The summed E-state index contributed by atoms with van der Waals surface area (Å²) in [4.78, 5) is 37.7. The van der Waals surface area contributed by atoms with Gasteiger partial charge in [0.15, 0.2) is 6.61 Å². The number of hydrogen-bond acceptors (Lipinski definition) is 6. The third kappa shape index (κ3) is 4.51. The van der Waals surface area contributed by atoms with Gasteiger partial charge >= 0.3 is 5.97 Å². The molecule has 1 saturated carbocycles. The van der Waals surface area contributed by atoms with Crippen LogP contribution in [-0.2, 0) is 14.3 Å². The van der Waals surface area contributed by atoms with Crippen molar-refractivity contribution in [2.75, 3.05) is 24.4 Å². The summed E-state index contributed by atoms with van der Waals surface area (Å²) < 4.78 is 10.4. The maximum Gasteiger partial charge on any atom is 0.341 e. The van der Waals surface area contributed by atoms with Crippen molar-refractivity contribution in [1.82, 2.24) is 0 Å². The molecule has 0 unspecified atom stereocenters. The lowest BCUT2D eigenvalue weighted by Crippen LogP contribution is -2.22. The fraction of sp³-hybridized carbons (Fsp3) is 0.350. The minimum atomic E-state index is -0.636. The van der Waals surface area contributed by atoms with E-state index in [1.807, 2.05) is 6.92 Å². The molecule has 148 valence electrons. The summed E-state index contributed by atoms with van der Waals surface area (Å²) in [6.07, 6.45) is 1.75. The molecule has 2 N–H and O–H groups in total. The molecule has 0 aliphatic heterocycles. The molecule has 1 heterocycles. The Kier molecular flexibility index (Phi) is 5.99. The number of ether oxygens (including phenoxy) is 2. The third-order valence-corrected chi connectivity index (χ3v) is 5.61. The van der Waals surface area contributed by atoms with Crippen LogP contribution < -0.4 is 15.4 Å². The van der Waals surface area contributed by atoms with Crippen LogP contribution in [-0.4, -0.2) is 31.5 Å². The second-order valence-corrected chi connectivity index (χ2v) is 7.80. The third-order valence-electron chi connectivity index (χ3n) is 4.49. The Morgan fingerprint density at radius 1 is 1.14 bits per heavy atom. The number of esters is 1. The molecule has 0 atom stereocenters.